The summed E-state index contributed by atoms with van der Waals surface area (Å²) in [7, 11) is 3.35. The Labute approximate surface area is 153 Å². The summed E-state index contributed by atoms with van der Waals surface area (Å²) in [5.74, 6) is -0.0405. The molecule has 0 aliphatic heterocycles. The third-order valence-electron chi connectivity index (χ3n) is 4.35. The van der Waals surface area contributed by atoms with E-state index in [1.54, 1.807) is 52.2 Å². The van der Waals surface area contributed by atoms with Crippen molar-refractivity contribution in [3.63, 3.8) is 0 Å². The van der Waals surface area contributed by atoms with Crippen LogP contribution in [-0.4, -0.2) is 59.0 Å². The van der Waals surface area contributed by atoms with Crippen LogP contribution in [0.25, 0.3) is 0 Å². The number of nitrogens with zero attached hydrogens (tertiary/aromatic N) is 2. The van der Waals surface area contributed by atoms with E-state index in [0.717, 1.165) is 0 Å². The van der Waals surface area contributed by atoms with Crippen molar-refractivity contribution in [1.29, 1.82) is 0 Å². The Balaban J connectivity index is 1.97. The lowest BCUT2D eigenvalue weighted by molar-refractivity contribution is 0.0718. The fourth-order valence-corrected chi connectivity index (χ4v) is 2.52. The summed E-state index contributed by atoms with van der Waals surface area (Å²) in [6, 6.07) is 9.44. The smallest absolute Gasteiger partial charge is 0.253 e. The number of phenolic OH excluding ortho intramolecular Hbond substituents is 2. The first-order chi connectivity index (χ1) is 12.2. The number of amides is 2. The van der Waals surface area contributed by atoms with Crippen LogP contribution >= 0.6 is 0 Å². The van der Waals surface area contributed by atoms with Crippen LogP contribution in [0.5, 0.6) is 11.5 Å². The van der Waals surface area contributed by atoms with Crippen molar-refractivity contribution < 1.29 is 19.8 Å². The minimum Gasteiger partial charge on any atom is -0.508 e. The van der Waals surface area contributed by atoms with Crippen molar-refractivity contribution in [2.75, 3.05) is 27.2 Å². The minimum absolute atomic E-state index is 0.152. The van der Waals surface area contributed by atoms with Crippen LogP contribution in [0, 0.1) is 13.8 Å². The van der Waals surface area contributed by atoms with E-state index in [2.05, 4.69) is 0 Å². The molecule has 0 atom stereocenters. The van der Waals surface area contributed by atoms with Gasteiger partial charge in [-0.25, -0.2) is 0 Å². The number of carbonyl (C=O) groups is 2. The van der Waals surface area contributed by atoms with Gasteiger partial charge in [-0.05, 0) is 61.4 Å². The SMILES string of the molecule is Cc1cc(C(=O)N(C)CCN(C)C(=O)c2ccc(O)c(C)c2)ccc1O. The molecule has 2 aromatic rings. The molecule has 0 aromatic heterocycles. The highest BCUT2D eigenvalue weighted by Crippen LogP contribution is 2.19. The van der Waals surface area contributed by atoms with Gasteiger partial charge >= 0.3 is 0 Å². The van der Waals surface area contributed by atoms with E-state index in [4.69, 9.17) is 0 Å². The first-order valence-corrected chi connectivity index (χ1v) is 8.31. The molecule has 0 spiro atoms. The zero-order valence-corrected chi connectivity index (χ0v) is 15.5. The summed E-state index contributed by atoms with van der Waals surface area (Å²) in [5, 5.41) is 19.1. The second kappa shape index (κ2) is 7.91. The fourth-order valence-electron chi connectivity index (χ4n) is 2.52. The molecule has 2 rings (SSSR count). The third-order valence-corrected chi connectivity index (χ3v) is 4.35. The maximum atomic E-state index is 12.5. The molecule has 26 heavy (non-hydrogen) atoms. The van der Waals surface area contributed by atoms with Gasteiger partial charge in [0.15, 0.2) is 0 Å². The van der Waals surface area contributed by atoms with E-state index in [-0.39, 0.29) is 23.3 Å². The number of rotatable bonds is 5. The van der Waals surface area contributed by atoms with Crippen LogP contribution in [0.4, 0.5) is 0 Å². The van der Waals surface area contributed by atoms with Crippen molar-refractivity contribution in [2.24, 2.45) is 0 Å². The van der Waals surface area contributed by atoms with E-state index in [1.807, 2.05) is 0 Å². The maximum Gasteiger partial charge on any atom is 0.253 e. The summed E-state index contributed by atoms with van der Waals surface area (Å²) in [6.07, 6.45) is 0. The van der Waals surface area contributed by atoms with Gasteiger partial charge in [-0.15, -0.1) is 0 Å². The van der Waals surface area contributed by atoms with Gasteiger partial charge < -0.3 is 20.0 Å². The molecule has 0 radical (unpaired) electrons. The van der Waals surface area contributed by atoms with Gasteiger partial charge in [0.2, 0.25) is 0 Å². The van der Waals surface area contributed by atoms with Gasteiger partial charge in [0, 0.05) is 38.3 Å². The van der Waals surface area contributed by atoms with Gasteiger partial charge in [0.1, 0.15) is 11.5 Å². The lowest BCUT2D eigenvalue weighted by Gasteiger charge is -2.23. The number of aryl methyl sites for hydroxylation is 2. The average molecular weight is 356 g/mol. The molecule has 0 unspecified atom stereocenters. The predicted octanol–water partition coefficient (Wildman–Crippen LogP) is 2.56. The van der Waals surface area contributed by atoms with Crippen LogP contribution < -0.4 is 0 Å². The normalized spacial score (nSPS) is 10.5. The van der Waals surface area contributed by atoms with Crippen LogP contribution in [-0.2, 0) is 0 Å². The standard InChI is InChI=1S/C20H24N2O4/c1-13-11-15(5-7-17(13)23)19(25)21(3)9-10-22(4)20(26)16-6-8-18(24)14(2)12-16/h5-8,11-12,23-24H,9-10H2,1-4H3. The second-order valence-corrected chi connectivity index (χ2v) is 6.46. The largest absolute Gasteiger partial charge is 0.508 e. The molecule has 2 N–H and O–H groups in total. The summed E-state index contributed by atoms with van der Waals surface area (Å²) in [5.41, 5.74) is 2.26. The van der Waals surface area contributed by atoms with Gasteiger partial charge in [-0.3, -0.25) is 9.59 Å². The van der Waals surface area contributed by atoms with Crippen LogP contribution in [0.2, 0.25) is 0 Å². The van der Waals surface area contributed by atoms with E-state index in [0.29, 0.717) is 35.3 Å². The molecular weight excluding hydrogens is 332 g/mol. The van der Waals surface area contributed by atoms with Gasteiger partial charge in [-0.1, -0.05) is 0 Å². The molecule has 0 heterocycles. The number of benzene rings is 2. The highest BCUT2D eigenvalue weighted by Gasteiger charge is 2.16. The molecular formula is C20H24N2O4. The topological polar surface area (TPSA) is 81.1 Å². The summed E-state index contributed by atoms with van der Waals surface area (Å²) in [4.78, 5) is 28.0. The molecule has 0 saturated carbocycles. The van der Waals surface area contributed by atoms with Gasteiger partial charge in [0.25, 0.3) is 11.8 Å². The Morgan fingerprint density at radius 1 is 0.769 bits per heavy atom. The van der Waals surface area contributed by atoms with Crippen LogP contribution in [0.3, 0.4) is 0 Å². The maximum absolute atomic E-state index is 12.5. The number of carbonyl (C=O) groups excluding carboxylic acids is 2. The molecule has 0 bridgehead atoms. The van der Waals surface area contributed by atoms with E-state index in [1.165, 1.54) is 21.9 Å². The molecule has 0 fully saturated rings. The monoisotopic (exact) mass is 356 g/mol. The molecule has 2 amide bonds. The molecule has 2 aromatic carbocycles. The Morgan fingerprint density at radius 2 is 1.12 bits per heavy atom. The van der Waals surface area contributed by atoms with Crippen LogP contribution in [0.15, 0.2) is 36.4 Å². The van der Waals surface area contributed by atoms with Crippen molar-refractivity contribution in [3.8, 4) is 11.5 Å². The highest BCUT2D eigenvalue weighted by molar-refractivity contribution is 5.95. The van der Waals surface area contributed by atoms with Crippen molar-refractivity contribution in [2.45, 2.75) is 13.8 Å². The lowest BCUT2D eigenvalue weighted by atomic mass is 10.1. The number of likely N-dealkylation sites (N-methyl/N-ethyl adjacent to an activating group) is 2. The Kier molecular flexibility index (Phi) is 5.87. The third kappa shape index (κ3) is 4.33. The zero-order valence-electron chi connectivity index (χ0n) is 15.5. The molecule has 0 saturated heterocycles. The molecule has 6 heteroatoms. The first-order valence-electron chi connectivity index (χ1n) is 8.31. The first kappa shape index (κ1) is 19.3. The number of phenols is 2. The lowest BCUT2D eigenvalue weighted by Crippen LogP contribution is -2.37. The molecule has 0 aliphatic carbocycles. The second-order valence-electron chi connectivity index (χ2n) is 6.46. The Hall–Kier alpha value is -3.02. The van der Waals surface area contributed by atoms with Crippen molar-refractivity contribution >= 4 is 11.8 Å². The Morgan fingerprint density at radius 3 is 1.42 bits per heavy atom. The van der Waals surface area contributed by atoms with Crippen molar-refractivity contribution in [1.82, 2.24) is 9.80 Å². The average Bonchev–Trinajstić information content (AvgIpc) is 2.62. The van der Waals surface area contributed by atoms with Gasteiger partial charge in [0.05, 0.1) is 0 Å². The van der Waals surface area contributed by atoms with Crippen molar-refractivity contribution in [3.05, 3.63) is 58.7 Å². The summed E-state index contributed by atoms with van der Waals surface area (Å²) >= 11 is 0. The molecule has 0 aliphatic rings. The quantitative estimate of drug-likeness (QED) is 0.863. The minimum atomic E-state index is -0.172. The fraction of sp³-hybridized carbons (Fsp3) is 0.300. The molecule has 138 valence electrons. The summed E-state index contributed by atoms with van der Waals surface area (Å²) < 4.78 is 0. The number of hydrogen-bond acceptors (Lipinski definition) is 4. The zero-order chi connectivity index (χ0) is 19.4. The van der Waals surface area contributed by atoms with Crippen LogP contribution in [0.1, 0.15) is 31.8 Å². The Bertz CT molecular complexity index is 763. The molecule has 6 nitrogen and oxygen atoms in total. The van der Waals surface area contributed by atoms with E-state index >= 15 is 0 Å². The van der Waals surface area contributed by atoms with E-state index in [9.17, 15) is 19.8 Å². The number of hydrogen-bond donors (Lipinski definition) is 2. The van der Waals surface area contributed by atoms with Gasteiger partial charge in [-0.2, -0.15) is 0 Å². The summed E-state index contributed by atoms with van der Waals surface area (Å²) in [6.45, 7) is 4.21. The predicted molar refractivity (Wildman–Crippen MR) is 99.6 cm³/mol. The number of aromatic hydroxyl groups is 2. The highest BCUT2D eigenvalue weighted by atomic mass is 16.3. The van der Waals surface area contributed by atoms with E-state index < -0.39 is 0 Å².